The summed E-state index contributed by atoms with van der Waals surface area (Å²) in [6.45, 7) is 5.47. The summed E-state index contributed by atoms with van der Waals surface area (Å²) in [5.41, 5.74) is 3.91. The van der Waals surface area contributed by atoms with Gasteiger partial charge in [0.25, 0.3) is 0 Å². The number of carboxylic acids is 1. The Hall–Kier alpha value is -2.04. The molecule has 98 valence electrons. The molecule has 0 radical (unpaired) electrons. The van der Waals surface area contributed by atoms with E-state index in [2.05, 4.69) is 5.32 Å². The van der Waals surface area contributed by atoms with E-state index in [1.807, 2.05) is 32.9 Å². The van der Waals surface area contributed by atoms with Crippen LogP contribution >= 0.6 is 0 Å². The predicted molar refractivity (Wildman–Crippen MR) is 70.1 cm³/mol. The number of carboxylic acid groups (broad SMARTS) is 1. The van der Waals surface area contributed by atoms with Crippen LogP contribution < -0.4 is 10.2 Å². The highest BCUT2D eigenvalue weighted by Gasteiger charge is 2.15. The first kappa shape index (κ1) is 14.0. The molecule has 0 aliphatic rings. The fraction of sp³-hybridized carbons (Fsp3) is 0.385. The fourth-order valence-corrected chi connectivity index (χ4v) is 2.07. The SMILES string of the molecule is Cc1cc(C)c(N(C)C(=O)NCC(=O)O)c(C)c1. The number of aryl methyl sites for hydroxylation is 3. The molecule has 1 aromatic rings. The number of carbonyl (C=O) groups is 2. The van der Waals surface area contributed by atoms with Crippen molar-refractivity contribution in [1.29, 1.82) is 0 Å². The number of urea groups is 1. The third kappa shape index (κ3) is 3.23. The molecule has 1 aromatic carbocycles. The molecule has 0 bridgehead atoms. The standard InChI is InChI=1S/C13H18N2O3/c1-8-5-9(2)12(10(3)6-8)15(4)13(18)14-7-11(16)17/h5-6H,7H2,1-4H3,(H,14,18)(H,16,17). The minimum Gasteiger partial charge on any atom is -0.480 e. The van der Waals surface area contributed by atoms with Crippen LogP contribution in [0.4, 0.5) is 10.5 Å². The number of rotatable bonds is 3. The van der Waals surface area contributed by atoms with E-state index in [-0.39, 0.29) is 6.54 Å². The number of aliphatic carboxylic acids is 1. The smallest absolute Gasteiger partial charge is 0.323 e. The minimum absolute atomic E-state index is 0.382. The number of benzene rings is 1. The van der Waals surface area contributed by atoms with E-state index in [0.717, 1.165) is 22.4 Å². The maximum Gasteiger partial charge on any atom is 0.323 e. The van der Waals surface area contributed by atoms with Crippen molar-refractivity contribution in [3.8, 4) is 0 Å². The van der Waals surface area contributed by atoms with E-state index < -0.39 is 12.0 Å². The van der Waals surface area contributed by atoms with Crippen molar-refractivity contribution in [2.24, 2.45) is 0 Å². The summed E-state index contributed by atoms with van der Waals surface area (Å²) in [4.78, 5) is 23.6. The molecule has 2 N–H and O–H groups in total. The van der Waals surface area contributed by atoms with Gasteiger partial charge in [0.05, 0.1) is 5.69 Å². The van der Waals surface area contributed by atoms with Gasteiger partial charge in [0.2, 0.25) is 0 Å². The van der Waals surface area contributed by atoms with Crippen LogP contribution in [0.2, 0.25) is 0 Å². The molecule has 2 amide bonds. The molecule has 0 saturated heterocycles. The van der Waals surface area contributed by atoms with E-state index in [1.165, 1.54) is 4.90 Å². The number of nitrogens with zero attached hydrogens (tertiary/aromatic N) is 1. The van der Waals surface area contributed by atoms with Crippen LogP contribution in [0.15, 0.2) is 12.1 Å². The second-order valence-corrected chi connectivity index (χ2v) is 4.36. The Morgan fingerprint density at radius 2 is 1.72 bits per heavy atom. The lowest BCUT2D eigenvalue weighted by Crippen LogP contribution is -2.40. The summed E-state index contributed by atoms with van der Waals surface area (Å²) >= 11 is 0. The summed E-state index contributed by atoms with van der Waals surface area (Å²) in [5, 5.41) is 10.9. The van der Waals surface area contributed by atoms with Crippen LogP contribution in [-0.2, 0) is 4.79 Å². The molecule has 5 heteroatoms. The van der Waals surface area contributed by atoms with Crippen molar-refractivity contribution >= 4 is 17.7 Å². The van der Waals surface area contributed by atoms with Gasteiger partial charge in [-0.3, -0.25) is 9.69 Å². The second kappa shape index (κ2) is 5.53. The van der Waals surface area contributed by atoms with Gasteiger partial charge in [-0.15, -0.1) is 0 Å². The van der Waals surface area contributed by atoms with Gasteiger partial charge in [-0.25, -0.2) is 4.79 Å². The Labute approximate surface area is 106 Å². The second-order valence-electron chi connectivity index (χ2n) is 4.36. The summed E-state index contributed by atoms with van der Waals surface area (Å²) in [6.07, 6.45) is 0. The van der Waals surface area contributed by atoms with Crippen LogP contribution in [0.1, 0.15) is 16.7 Å². The monoisotopic (exact) mass is 250 g/mol. The molecule has 0 atom stereocenters. The number of carbonyl (C=O) groups excluding carboxylic acids is 1. The van der Waals surface area contributed by atoms with E-state index in [0.29, 0.717) is 0 Å². The number of hydrogen-bond acceptors (Lipinski definition) is 2. The lowest BCUT2D eigenvalue weighted by molar-refractivity contribution is -0.135. The lowest BCUT2D eigenvalue weighted by Gasteiger charge is -2.22. The highest BCUT2D eigenvalue weighted by Crippen LogP contribution is 2.25. The van der Waals surface area contributed by atoms with Gasteiger partial charge in [-0.1, -0.05) is 17.7 Å². The van der Waals surface area contributed by atoms with Crippen LogP contribution in [0.3, 0.4) is 0 Å². The summed E-state index contributed by atoms with van der Waals surface area (Å²) in [6, 6.07) is 3.56. The van der Waals surface area contributed by atoms with Gasteiger partial charge in [-0.05, 0) is 31.9 Å². The Morgan fingerprint density at radius 1 is 1.22 bits per heavy atom. The van der Waals surface area contributed by atoms with E-state index in [4.69, 9.17) is 5.11 Å². The van der Waals surface area contributed by atoms with E-state index >= 15 is 0 Å². The first-order valence-corrected chi connectivity index (χ1v) is 5.64. The quantitative estimate of drug-likeness (QED) is 0.860. The topological polar surface area (TPSA) is 69.6 Å². The van der Waals surface area contributed by atoms with Crippen molar-refractivity contribution in [2.45, 2.75) is 20.8 Å². The van der Waals surface area contributed by atoms with Gasteiger partial charge in [0, 0.05) is 7.05 Å². The molecule has 0 heterocycles. The fourth-order valence-electron chi connectivity index (χ4n) is 2.07. The van der Waals surface area contributed by atoms with Gasteiger partial charge in [0.1, 0.15) is 6.54 Å². The van der Waals surface area contributed by atoms with Crippen LogP contribution in [0, 0.1) is 20.8 Å². The van der Waals surface area contributed by atoms with E-state index in [9.17, 15) is 9.59 Å². The highest BCUT2D eigenvalue weighted by atomic mass is 16.4. The van der Waals surface area contributed by atoms with Crippen molar-refractivity contribution in [2.75, 3.05) is 18.5 Å². The van der Waals surface area contributed by atoms with Crippen molar-refractivity contribution in [3.05, 3.63) is 28.8 Å². The zero-order valence-corrected chi connectivity index (χ0v) is 11.1. The zero-order chi connectivity index (χ0) is 13.9. The van der Waals surface area contributed by atoms with Crippen LogP contribution in [-0.4, -0.2) is 30.7 Å². The summed E-state index contributed by atoms with van der Waals surface area (Å²) < 4.78 is 0. The van der Waals surface area contributed by atoms with E-state index in [1.54, 1.807) is 7.05 Å². The molecule has 0 spiro atoms. The average molecular weight is 250 g/mol. The normalized spacial score (nSPS) is 10.0. The Kier molecular flexibility index (Phi) is 4.31. The first-order chi connectivity index (χ1) is 8.32. The number of amides is 2. The molecule has 1 rings (SSSR count). The third-order valence-electron chi connectivity index (χ3n) is 2.67. The molecular formula is C13H18N2O3. The molecule has 0 aromatic heterocycles. The minimum atomic E-state index is -1.06. The third-order valence-corrected chi connectivity index (χ3v) is 2.67. The van der Waals surface area contributed by atoms with Crippen LogP contribution in [0.5, 0.6) is 0 Å². The van der Waals surface area contributed by atoms with Gasteiger partial charge < -0.3 is 10.4 Å². The molecule has 18 heavy (non-hydrogen) atoms. The Morgan fingerprint density at radius 3 is 2.17 bits per heavy atom. The first-order valence-electron chi connectivity index (χ1n) is 5.64. The molecule has 0 saturated carbocycles. The maximum absolute atomic E-state index is 11.8. The van der Waals surface area contributed by atoms with Crippen molar-refractivity contribution < 1.29 is 14.7 Å². The molecule has 0 aliphatic carbocycles. The molecule has 0 fully saturated rings. The number of anilines is 1. The Bertz CT molecular complexity index is 460. The molecular weight excluding hydrogens is 232 g/mol. The largest absolute Gasteiger partial charge is 0.480 e. The van der Waals surface area contributed by atoms with Gasteiger partial charge in [-0.2, -0.15) is 0 Å². The van der Waals surface area contributed by atoms with Gasteiger partial charge >= 0.3 is 12.0 Å². The summed E-state index contributed by atoms with van der Waals surface area (Å²) in [7, 11) is 1.63. The van der Waals surface area contributed by atoms with Gasteiger partial charge in [0.15, 0.2) is 0 Å². The predicted octanol–water partition coefficient (Wildman–Crippen LogP) is 1.84. The molecule has 5 nitrogen and oxygen atoms in total. The highest BCUT2D eigenvalue weighted by molar-refractivity contribution is 5.94. The zero-order valence-electron chi connectivity index (χ0n) is 11.1. The molecule has 0 unspecified atom stereocenters. The number of hydrogen-bond donors (Lipinski definition) is 2. The van der Waals surface area contributed by atoms with Crippen LogP contribution in [0.25, 0.3) is 0 Å². The van der Waals surface area contributed by atoms with Crippen molar-refractivity contribution in [1.82, 2.24) is 5.32 Å². The number of nitrogens with one attached hydrogen (secondary N) is 1. The summed E-state index contributed by atoms with van der Waals surface area (Å²) in [5.74, 6) is -1.06. The average Bonchev–Trinajstić information content (AvgIpc) is 2.24. The molecule has 0 aliphatic heterocycles. The van der Waals surface area contributed by atoms with Crippen molar-refractivity contribution in [3.63, 3.8) is 0 Å². The Balaban J connectivity index is 2.93. The lowest BCUT2D eigenvalue weighted by atomic mass is 10.0. The maximum atomic E-state index is 11.8.